The number of carbonyl (C=O) groups excluding carboxylic acids is 2. The van der Waals surface area contributed by atoms with Crippen LogP contribution < -0.4 is 5.32 Å². The van der Waals surface area contributed by atoms with Gasteiger partial charge in [0, 0.05) is 13.5 Å². The molecule has 6 nitrogen and oxygen atoms in total. The Labute approximate surface area is 133 Å². The van der Waals surface area contributed by atoms with E-state index in [1.807, 2.05) is 0 Å². The Morgan fingerprint density at radius 1 is 1.30 bits per heavy atom. The molecule has 7 heteroatoms. The minimum atomic E-state index is -0.568. The molecule has 0 aliphatic heterocycles. The maximum Gasteiger partial charge on any atom is 0.358 e. The Balaban J connectivity index is 2.05. The summed E-state index contributed by atoms with van der Waals surface area (Å²) in [5.41, 5.74) is 1.93. The number of amides is 1. The lowest BCUT2D eigenvalue weighted by molar-refractivity contribution is -0.116. The standard InChI is InChI=1S/C16H18FN3O3/c1-10-14(15(16(22)23-3)20(2)19-10)18-13(21)9-6-11-4-7-12(17)8-5-11/h4-5,7-8H,6,9H2,1-3H3,(H,18,21). The van der Waals surface area contributed by atoms with E-state index in [9.17, 15) is 14.0 Å². The molecule has 0 aliphatic carbocycles. The number of nitrogens with zero attached hydrogens (tertiary/aromatic N) is 2. The summed E-state index contributed by atoms with van der Waals surface area (Å²) in [4.78, 5) is 23.9. The topological polar surface area (TPSA) is 73.2 Å². The molecule has 0 unspecified atom stereocenters. The zero-order chi connectivity index (χ0) is 17.0. The third kappa shape index (κ3) is 3.94. The van der Waals surface area contributed by atoms with Crippen LogP contribution in [0.4, 0.5) is 10.1 Å². The number of benzene rings is 1. The highest BCUT2D eigenvalue weighted by atomic mass is 19.1. The molecule has 0 radical (unpaired) electrons. The van der Waals surface area contributed by atoms with Crippen molar-refractivity contribution in [3.63, 3.8) is 0 Å². The van der Waals surface area contributed by atoms with Crippen LogP contribution in [0.3, 0.4) is 0 Å². The van der Waals surface area contributed by atoms with E-state index >= 15 is 0 Å². The highest BCUT2D eigenvalue weighted by Crippen LogP contribution is 2.21. The molecule has 0 aliphatic rings. The van der Waals surface area contributed by atoms with Gasteiger partial charge in [0.25, 0.3) is 0 Å². The molecule has 0 saturated carbocycles. The van der Waals surface area contributed by atoms with Crippen LogP contribution in [0.1, 0.15) is 28.2 Å². The number of nitrogens with one attached hydrogen (secondary N) is 1. The summed E-state index contributed by atoms with van der Waals surface area (Å²) < 4.78 is 18.9. The van der Waals surface area contributed by atoms with E-state index in [1.165, 1.54) is 23.9 Å². The Morgan fingerprint density at radius 2 is 1.96 bits per heavy atom. The Hall–Kier alpha value is -2.70. The minimum absolute atomic E-state index is 0.195. The number of rotatable bonds is 5. The largest absolute Gasteiger partial charge is 0.464 e. The zero-order valence-electron chi connectivity index (χ0n) is 13.2. The van der Waals surface area contributed by atoms with Crippen LogP contribution in [0.2, 0.25) is 0 Å². The quantitative estimate of drug-likeness (QED) is 0.858. The van der Waals surface area contributed by atoms with Crippen molar-refractivity contribution in [1.29, 1.82) is 0 Å². The molecule has 0 saturated heterocycles. The van der Waals surface area contributed by atoms with E-state index in [-0.39, 0.29) is 23.8 Å². The van der Waals surface area contributed by atoms with Gasteiger partial charge in [0.1, 0.15) is 5.82 Å². The van der Waals surface area contributed by atoms with E-state index < -0.39 is 5.97 Å². The monoisotopic (exact) mass is 319 g/mol. The van der Waals surface area contributed by atoms with Crippen molar-refractivity contribution in [2.75, 3.05) is 12.4 Å². The van der Waals surface area contributed by atoms with Crippen molar-refractivity contribution >= 4 is 17.6 Å². The summed E-state index contributed by atoms with van der Waals surface area (Å²) in [5, 5.41) is 6.82. The first-order valence-corrected chi connectivity index (χ1v) is 7.08. The molecule has 0 spiro atoms. The van der Waals surface area contributed by atoms with Gasteiger partial charge in [-0.15, -0.1) is 0 Å². The summed E-state index contributed by atoms with van der Waals surface area (Å²) >= 11 is 0. The highest BCUT2D eigenvalue weighted by Gasteiger charge is 2.22. The molecule has 1 aromatic heterocycles. The van der Waals surface area contributed by atoms with E-state index in [0.29, 0.717) is 17.8 Å². The first-order chi connectivity index (χ1) is 10.9. The molecule has 1 aromatic carbocycles. The number of ether oxygens (including phenoxy) is 1. The van der Waals surface area contributed by atoms with Gasteiger partial charge in [-0.3, -0.25) is 9.48 Å². The van der Waals surface area contributed by atoms with Crippen molar-refractivity contribution < 1.29 is 18.7 Å². The van der Waals surface area contributed by atoms with Crippen molar-refractivity contribution in [1.82, 2.24) is 9.78 Å². The Morgan fingerprint density at radius 3 is 2.57 bits per heavy atom. The maximum absolute atomic E-state index is 12.8. The van der Waals surface area contributed by atoms with Gasteiger partial charge < -0.3 is 10.1 Å². The lowest BCUT2D eigenvalue weighted by Crippen LogP contribution is -2.17. The first-order valence-electron chi connectivity index (χ1n) is 7.08. The fourth-order valence-electron chi connectivity index (χ4n) is 2.25. The number of esters is 1. The second-order valence-corrected chi connectivity index (χ2v) is 5.10. The van der Waals surface area contributed by atoms with Crippen molar-refractivity contribution in [2.24, 2.45) is 7.05 Å². The number of hydrogen-bond donors (Lipinski definition) is 1. The molecule has 0 atom stereocenters. The summed E-state index contributed by atoms with van der Waals surface area (Å²) in [6.45, 7) is 1.70. The predicted molar refractivity (Wildman–Crippen MR) is 82.6 cm³/mol. The van der Waals surface area contributed by atoms with Crippen molar-refractivity contribution in [3.8, 4) is 0 Å². The molecule has 23 heavy (non-hydrogen) atoms. The molecule has 2 aromatic rings. The summed E-state index contributed by atoms with van der Waals surface area (Å²) in [6.07, 6.45) is 0.680. The Kier molecular flexibility index (Phi) is 5.10. The van der Waals surface area contributed by atoms with Crippen LogP contribution in [-0.2, 0) is 23.0 Å². The number of hydrogen-bond acceptors (Lipinski definition) is 4. The molecular weight excluding hydrogens is 301 g/mol. The molecule has 122 valence electrons. The normalized spacial score (nSPS) is 10.4. The van der Waals surface area contributed by atoms with E-state index in [0.717, 1.165) is 5.56 Å². The second kappa shape index (κ2) is 7.04. The number of anilines is 1. The molecule has 2 rings (SSSR count). The van der Waals surface area contributed by atoms with Gasteiger partial charge >= 0.3 is 5.97 Å². The third-order valence-electron chi connectivity index (χ3n) is 3.42. The number of halogens is 1. The lowest BCUT2D eigenvalue weighted by Gasteiger charge is -2.07. The number of carbonyl (C=O) groups is 2. The smallest absolute Gasteiger partial charge is 0.358 e. The third-order valence-corrected chi connectivity index (χ3v) is 3.42. The van der Waals surface area contributed by atoms with Gasteiger partial charge in [-0.2, -0.15) is 5.10 Å². The van der Waals surface area contributed by atoms with E-state index in [4.69, 9.17) is 4.74 Å². The average molecular weight is 319 g/mol. The molecule has 1 amide bonds. The zero-order valence-corrected chi connectivity index (χ0v) is 13.2. The van der Waals surface area contributed by atoms with Crippen LogP contribution in [0, 0.1) is 12.7 Å². The number of aryl methyl sites for hydroxylation is 3. The van der Waals surface area contributed by atoms with Crippen LogP contribution in [0.25, 0.3) is 0 Å². The summed E-state index contributed by atoms with van der Waals surface area (Å²) in [7, 11) is 2.87. The fraction of sp³-hybridized carbons (Fsp3) is 0.312. The van der Waals surface area contributed by atoms with E-state index in [2.05, 4.69) is 10.4 Å². The van der Waals surface area contributed by atoms with Crippen molar-refractivity contribution in [2.45, 2.75) is 19.8 Å². The van der Waals surface area contributed by atoms with Gasteiger partial charge in [0.05, 0.1) is 18.5 Å². The highest BCUT2D eigenvalue weighted by molar-refractivity contribution is 6.00. The minimum Gasteiger partial charge on any atom is -0.464 e. The molecule has 1 heterocycles. The fourth-order valence-corrected chi connectivity index (χ4v) is 2.25. The van der Waals surface area contributed by atoms with Gasteiger partial charge in [0.15, 0.2) is 5.69 Å². The van der Waals surface area contributed by atoms with Gasteiger partial charge in [-0.05, 0) is 31.0 Å². The van der Waals surface area contributed by atoms with Crippen LogP contribution in [-0.4, -0.2) is 28.8 Å². The molecular formula is C16H18FN3O3. The Bertz CT molecular complexity index is 723. The number of methoxy groups -OCH3 is 1. The SMILES string of the molecule is COC(=O)c1c(NC(=O)CCc2ccc(F)cc2)c(C)nn1C. The molecule has 1 N–H and O–H groups in total. The van der Waals surface area contributed by atoms with Gasteiger partial charge in [-0.25, -0.2) is 9.18 Å². The first kappa shape index (κ1) is 16.7. The average Bonchev–Trinajstić information content (AvgIpc) is 2.80. The summed E-state index contributed by atoms with van der Waals surface area (Å²) in [5.74, 6) is -1.13. The maximum atomic E-state index is 12.8. The van der Waals surface area contributed by atoms with Crippen molar-refractivity contribution in [3.05, 3.63) is 47.0 Å². The lowest BCUT2D eigenvalue weighted by atomic mass is 10.1. The van der Waals surface area contributed by atoms with Gasteiger partial charge in [-0.1, -0.05) is 12.1 Å². The van der Waals surface area contributed by atoms with Crippen LogP contribution >= 0.6 is 0 Å². The molecule has 0 fully saturated rings. The second-order valence-electron chi connectivity index (χ2n) is 5.10. The predicted octanol–water partition coefficient (Wildman–Crippen LogP) is 2.23. The van der Waals surface area contributed by atoms with Crippen LogP contribution in [0.5, 0.6) is 0 Å². The summed E-state index contributed by atoms with van der Waals surface area (Å²) in [6, 6.07) is 5.98. The van der Waals surface area contributed by atoms with Gasteiger partial charge in [0.2, 0.25) is 5.91 Å². The molecule has 0 bridgehead atoms. The number of aromatic nitrogens is 2. The van der Waals surface area contributed by atoms with E-state index in [1.54, 1.807) is 26.1 Å². The van der Waals surface area contributed by atoms with Crippen LogP contribution in [0.15, 0.2) is 24.3 Å².